The number of halogens is 3. The molecule has 0 aromatic carbocycles. The summed E-state index contributed by atoms with van der Waals surface area (Å²) < 4.78 is 38.9. The molecule has 0 atom stereocenters. The van der Waals surface area contributed by atoms with Crippen molar-refractivity contribution < 1.29 is 32.6 Å². The van der Waals surface area contributed by atoms with Crippen molar-refractivity contribution in [3.05, 3.63) is 0 Å². The highest BCUT2D eigenvalue weighted by molar-refractivity contribution is 5.76. The molecule has 0 aliphatic heterocycles. The zero-order chi connectivity index (χ0) is 12.6. The predicted molar refractivity (Wildman–Crippen MR) is 46.8 cm³/mol. The Bertz CT molecular complexity index is 242. The fourth-order valence-corrected chi connectivity index (χ4v) is 0.750. The number of aliphatic carboxylic acids is 1. The van der Waals surface area contributed by atoms with E-state index in [1.807, 2.05) is 0 Å². The SMILES string of the molecule is O=C(O)CCNC(=O)CCOCC(F)(F)F. The Balaban J connectivity index is 3.41. The number of carboxylic acid groups (broad SMARTS) is 1. The van der Waals surface area contributed by atoms with E-state index in [2.05, 4.69) is 10.1 Å². The van der Waals surface area contributed by atoms with Gasteiger partial charge in [0.15, 0.2) is 0 Å². The summed E-state index contributed by atoms with van der Waals surface area (Å²) in [4.78, 5) is 20.9. The van der Waals surface area contributed by atoms with Crippen LogP contribution in [0.4, 0.5) is 13.2 Å². The van der Waals surface area contributed by atoms with Gasteiger partial charge in [0.2, 0.25) is 5.91 Å². The Morgan fingerprint density at radius 3 is 2.38 bits per heavy atom. The molecule has 0 fully saturated rings. The van der Waals surface area contributed by atoms with Crippen molar-refractivity contribution >= 4 is 11.9 Å². The minimum absolute atomic E-state index is 0.0482. The van der Waals surface area contributed by atoms with Crippen molar-refractivity contribution in [2.45, 2.75) is 19.0 Å². The van der Waals surface area contributed by atoms with Crippen molar-refractivity contribution in [3.8, 4) is 0 Å². The number of hydrogen-bond acceptors (Lipinski definition) is 3. The second-order valence-corrected chi connectivity index (χ2v) is 2.91. The van der Waals surface area contributed by atoms with Gasteiger partial charge in [-0.25, -0.2) is 0 Å². The van der Waals surface area contributed by atoms with Gasteiger partial charge in [0, 0.05) is 13.0 Å². The van der Waals surface area contributed by atoms with Gasteiger partial charge in [-0.15, -0.1) is 0 Å². The van der Waals surface area contributed by atoms with E-state index in [4.69, 9.17) is 5.11 Å². The number of ether oxygens (including phenoxy) is 1. The lowest BCUT2D eigenvalue weighted by atomic mass is 10.4. The van der Waals surface area contributed by atoms with Crippen molar-refractivity contribution in [1.82, 2.24) is 5.32 Å². The Kier molecular flexibility index (Phi) is 6.47. The molecule has 0 bridgehead atoms. The van der Waals surface area contributed by atoms with Crippen LogP contribution in [0.5, 0.6) is 0 Å². The Labute approximate surface area is 89.6 Å². The topological polar surface area (TPSA) is 75.6 Å². The number of alkyl halides is 3. The van der Waals surface area contributed by atoms with Gasteiger partial charge in [0.25, 0.3) is 0 Å². The molecule has 2 N–H and O–H groups in total. The molecule has 1 amide bonds. The van der Waals surface area contributed by atoms with Crippen molar-refractivity contribution in [1.29, 1.82) is 0 Å². The van der Waals surface area contributed by atoms with Crippen LogP contribution >= 0.6 is 0 Å². The summed E-state index contributed by atoms with van der Waals surface area (Å²) in [5, 5.41) is 10.5. The molecule has 0 heterocycles. The average Bonchev–Trinajstić information content (AvgIpc) is 2.10. The van der Waals surface area contributed by atoms with Crippen LogP contribution in [0.3, 0.4) is 0 Å². The lowest BCUT2D eigenvalue weighted by Crippen LogP contribution is -2.27. The summed E-state index contributed by atoms with van der Waals surface area (Å²) in [7, 11) is 0. The second-order valence-electron chi connectivity index (χ2n) is 2.91. The van der Waals surface area contributed by atoms with E-state index >= 15 is 0 Å². The maximum absolute atomic E-state index is 11.6. The van der Waals surface area contributed by atoms with E-state index in [9.17, 15) is 22.8 Å². The van der Waals surface area contributed by atoms with Crippen LogP contribution in [-0.2, 0) is 14.3 Å². The van der Waals surface area contributed by atoms with Gasteiger partial charge in [0.1, 0.15) is 6.61 Å². The van der Waals surface area contributed by atoms with E-state index in [0.29, 0.717) is 0 Å². The average molecular weight is 243 g/mol. The summed E-state index contributed by atoms with van der Waals surface area (Å²) in [6, 6.07) is 0. The number of carboxylic acids is 1. The quantitative estimate of drug-likeness (QED) is 0.640. The Morgan fingerprint density at radius 2 is 1.88 bits per heavy atom. The van der Waals surface area contributed by atoms with E-state index in [-0.39, 0.29) is 26.0 Å². The summed E-state index contributed by atoms with van der Waals surface area (Å²) in [5.74, 6) is -1.60. The largest absolute Gasteiger partial charge is 0.481 e. The molecule has 94 valence electrons. The zero-order valence-electron chi connectivity index (χ0n) is 8.34. The van der Waals surface area contributed by atoms with E-state index < -0.39 is 24.7 Å². The minimum Gasteiger partial charge on any atom is -0.481 e. The number of nitrogens with one attached hydrogen (secondary N) is 1. The molecule has 5 nitrogen and oxygen atoms in total. The van der Waals surface area contributed by atoms with Gasteiger partial charge >= 0.3 is 12.1 Å². The third kappa shape index (κ3) is 10.8. The smallest absolute Gasteiger partial charge is 0.411 e. The number of hydrogen-bond donors (Lipinski definition) is 2. The molecule has 0 radical (unpaired) electrons. The lowest BCUT2D eigenvalue weighted by molar-refractivity contribution is -0.174. The van der Waals surface area contributed by atoms with Crippen LogP contribution in [0.1, 0.15) is 12.8 Å². The zero-order valence-corrected chi connectivity index (χ0v) is 8.34. The molecule has 16 heavy (non-hydrogen) atoms. The standard InChI is InChI=1S/C8H12F3NO4/c9-8(10,11)5-16-4-2-6(13)12-3-1-7(14)15/h1-5H2,(H,12,13)(H,14,15). The Hall–Kier alpha value is -1.31. The molecule has 0 saturated heterocycles. The van der Waals surface area contributed by atoms with Crippen molar-refractivity contribution in [2.75, 3.05) is 19.8 Å². The third-order valence-electron chi connectivity index (χ3n) is 1.40. The molecule has 0 aliphatic carbocycles. The highest BCUT2D eigenvalue weighted by atomic mass is 19.4. The second kappa shape index (κ2) is 7.04. The molecule has 0 spiro atoms. The maximum atomic E-state index is 11.6. The molecular formula is C8H12F3NO4. The maximum Gasteiger partial charge on any atom is 0.411 e. The monoisotopic (exact) mass is 243 g/mol. The number of rotatable bonds is 7. The van der Waals surface area contributed by atoms with Crippen LogP contribution in [0, 0.1) is 0 Å². The van der Waals surface area contributed by atoms with E-state index in [0.717, 1.165) is 0 Å². The van der Waals surface area contributed by atoms with E-state index in [1.54, 1.807) is 0 Å². The van der Waals surface area contributed by atoms with Crippen LogP contribution in [0.2, 0.25) is 0 Å². The highest BCUT2D eigenvalue weighted by Gasteiger charge is 2.27. The number of carbonyl (C=O) groups excluding carboxylic acids is 1. The van der Waals surface area contributed by atoms with Crippen LogP contribution in [0.25, 0.3) is 0 Å². The predicted octanol–water partition coefficient (Wildman–Crippen LogP) is 0.546. The van der Waals surface area contributed by atoms with Gasteiger partial charge in [-0.2, -0.15) is 13.2 Å². The first-order valence-corrected chi connectivity index (χ1v) is 4.44. The lowest BCUT2D eigenvalue weighted by Gasteiger charge is -2.07. The number of carbonyl (C=O) groups is 2. The van der Waals surface area contributed by atoms with Crippen LogP contribution in [-0.4, -0.2) is 42.9 Å². The molecule has 0 aromatic heterocycles. The van der Waals surface area contributed by atoms with Crippen molar-refractivity contribution in [3.63, 3.8) is 0 Å². The van der Waals surface area contributed by atoms with Crippen LogP contribution in [0.15, 0.2) is 0 Å². The minimum atomic E-state index is -4.40. The first-order valence-electron chi connectivity index (χ1n) is 4.44. The fraction of sp³-hybridized carbons (Fsp3) is 0.750. The summed E-state index contributed by atoms with van der Waals surface area (Å²) in [6.07, 6.45) is -4.86. The molecule has 8 heteroatoms. The molecule has 0 rings (SSSR count). The molecule has 0 unspecified atom stereocenters. The fourth-order valence-electron chi connectivity index (χ4n) is 0.750. The summed E-state index contributed by atoms with van der Waals surface area (Å²) >= 11 is 0. The highest BCUT2D eigenvalue weighted by Crippen LogP contribution is 2.14. The normalized spacial score (nSPS) is 11.2. The molecule has 0 aliphatic rings. The van der Waals surface area contributed by atoms with Gasteiger partial charge in [0.05, 0.1) is 13.0 Å². The van der Waals surface area contributed by atoms with Crippen molar-refractivity contribution in [2.24, 2.45) is 0 Å². The van der Waals surface area contributed by atoms with Gasteiger partial charge in [-0.1, -0.05) is 0 Å². The third-order valence-corrected chi connectivity index (χ3v) is 1.40. The summed E-state index contributed by atoms with van der Waals surface area (Å²) in [6.45, 7) is -1.79. The van der Waals surface area contributed by atoms with Gasteiger partial charge < -0.3 is 15.2 Å². The molecular weight excluding hydrogens is 231 g/mol. The molecule has 0 saturated carbocycles. The van der Waals surface area contributed by atoms with Gasteiger partial charge in [-0.3, -0.25) is 9.59 Å². The summed E-state index contributed by atoms with van der Waals surface area (Å²) in [5.41, 5.74) is 0. The molecule has 0 aromatic rings. The Morgan fingerprint density at radius 1 is 1.25 bits per heavy atom. The van der Waals surface area contributed by atoms with E-state index in [1.165, 1.54) is 0 Å². The first-order chi connectivity index (χ1) is 7.31. The van der Waals surface area contributed by atoms with Gasteiger partial charge in [-0.05, 0) is 0 Å². The first kappa shape index (κ1) is 14.7. The number of amides is 1. The van der Waals surface area contributed by atoms with Crippen LogP contribution < -0.4 is 5.32 Å².